The Morgan fingerprint density at radius 1 is 1.13 bits per heavy atom. The molecule has 5 aromatic rings. The molecule has 0 saturated carbocycles. The van der Waals surface area contributed by atoms with Gasteiger partial charge in [-0.3, -0.25) is 19.1 Å². The van der Waals surface area contributed by atoms with Crippen LogP contribution in [0.4, 0.5) is 4.79 Å². The van der Waals surface area contributed by atoms with E-state index in [-0.39, 0.29) is 42.3 Å². The summed E-state index contributed by atoms with van der Waals surface area (Å²) in [6.07, 6.45) is 3.04. The molecule has 0 bridgehead atoms. The van der Waals surface area contributed by atoms with E-state index in [1.165, 1.54) is 28.1 Å². The Hall–Kier alpha value is -4.98. The van der Waals surface area contributed by atoms with Gasteiger partial charge in [0.15, 0.2) is 5.82 Å². The highest BCUT2D eigenvalue weighted by Crippen LogP contribution is 2.42. The molecule has 3 N–H and O–H groups in total. The number of fused-ring (bicyclic) bond motifs is 1. The van der Waals surface area contributed by atoms with Crippen molar-refractivity contribution in [2.45, 2.75) is 32.0 Å². The first kappa shape index (κ1) is 32.0. The topological polar surface area (TPSA) is 164 Å². The minimum Gasteiger partial charge on any atom is -0.481 e. The molecule has 0 aliphatic carbocycles. The van der Waals surface area contributed by atoms with Crippen LogP contribution in [0.5, 0.6) is 5.88 Å². The van der Waals surface area contributed by atoms with Gasteiger partial charge in [0, 0.05) is 66.3 Å². The van der Waals surface area contributed by atoms with Crippen molar-refractivity contribution >= 4 is 40.7 Å². The van der Waals surface area contributed by atoms with Crippen molar-refractivity contribution in [2.24, 2.45) is 7.05 Å². The molecular formula is C32H29Cl2N7O6. The highest BCUT2D eigenvalue weighted by molar-refractivity contribution is 6.39. The summed E-state index contributed by atoms with van der Waals surface area (Å²) >= 11 is 13.9. The van der Waals surface area contributed by atoms with Gasteiger partial charge in [-0.2, -0.15) is 5.10 Å². The van der Waals surface area contributed by atoms with E-state index in [1.54, 1.807) is 42.7 Å². The third-order valence-corrected chi connectivity index (χ3v) is 8.88. The summed E-state index contributed by atoms with van der Waals surface area (Å²) in [5.74, 6) is 0.352. The van der Waals surface area contributed by atoms with E-state index in [0.717, 1.165) is 0 Å². The second kappa shape index (κ2) is 13.0. The summed E-state index contributed by atoms with van der Waals surface area (Å²) in [7, 11) is 2.99. The number of aliphatic hydroxyl groups is 1. The maximum absolute atomic E-state index is 12.8. The van der Waals surface area contributed by atoms with E-state index in [4.69, 9.17) is 27.9 Å². The third-order valence-electron chi connectivity index (χ3n) is 8.09. The number of nitrogens with zero attached hydrogens (tertiary/aromatic N) is 6. The van der Waals surface area contributed by atoms with E-state index in [1.807, 2.05) is 12.1 Å². The van der Waals surface area contributed by atoms with Gasteiger partial charge in [0.25, 0.3) is 5.56 Å². The van der Waals surface area contributed by atoms with Crippen molar-refractivity contribution in [1.29, 1.82) is 0 Å². The van der Waals surface area contributed by atoms with Crippen molar-refractivity contribution in [3.63, 3.8) is 0 Å². The fourth-order valence-corrected chi connectivity index (χ4v) is 6.29. The summed E-state index contributed by atoms with van der Waals surface area (Å²) in [6.45, 7) is -0.242. The number of carboxylic acid groups (broad SMARTS) is 1. The lowest BCUT2D eigenvalue weighted by atomic mass is 10.00. The van der Waals surface area contributed by atoms with Crippen LogP contribution >= 0.6 is 23.2 Å². The summed E-state index contributed by atoms with van der Waals surface area (Å²) in [5, 5.41) is 27.2. The molecule has 6 rings (SSSR count). The molecule has 0 unspecified atom stereocenters. The van der Waals surface area contributed by atoms with Gasteiger partial charge >= 0.3 is 6.09 Å². The number of carbonyl (C=O) groups excluding carboxylic acids is 1. The van der Waals surface area contributed by atoms with Crippen LogP contribution in [0.1, 0.15) is 24.2 Å². The van der Waals surface area contributed by atoms with Crippen molar-refractivity contribution < 1.29 is 24.5 Å². The van der Waals surface area contributed by atoms with Gasteiger partial charge < -0.3 is 25.2 Å². The summed E-state index contributed by atoms with van der Waals surface area (Å²) in [4.78, 5) is 46.8. The zero-order valence-corrected chi connectivity index (χ0v) is 26.8. The predicted molar refractivity (Wildman–Crippen MR) is 174 cm³/mol. The number of hydrogen-bond acceptors (Lipinski definition) is 8. The summed E-state index contributed by atoms with van der Waals surface area (Å²) in [6, 6.07) is 12.0. The first-order valence-electron chi connectivity index (χ1n) is 14.5. The number of carbonyl (C=O) groups is 2. The predicted octanol–water partition coefficient (Wildman–Crippen LogP) is 4.39. The molecule has 0 radical (unpaired) electrons. The normalized spacial score (nSPS) is 14.4. The second-order valence-corrected chi connectivity index (χ2v) is 11.8. The largest absolute Gasteiger partial charge is 0.481 e. The standard InChI is InChI=1S/C32H29Cl2N7O6/c1-39-25(16-42)38-41-14-18(12-24(41)31(39)44)29-28(34)21(10-11-35-29)20-4-3-5-22(27(20)33)23-8-6-17(30(37-23)47-2)13-40(32(45)46)15-19-7-9-26(43)36-19/h3-6,8,10-12,14,19,42H,7,9,13,15-16H2,1-2H3,(H,36,43)(H,45,46)/t19-/m0/s1. The Bertz CT molecular complexity index is 2100. The molecule has 1 aromatic carbocycles. The average molecular weight is 679 g/mol. The third kappa shape index (κ3) is 6.12. The molecule has 1 saturated heterocycles. The lowest BCUT2D eigenvalue weighted by Crippen LogP contribution is -2.41. The number of rotatable bonds is 9. The van der Waals surface area contributed by atoms with Crippen LogP contribution in [0.15, 0.2) is 59.7 Å². The molecule has 1 fully saturated rings. The van der Waals surface area contributed by atoms with Crippen LogP contribution < -0.4 is 15.6 Å². The number of amides is 2. The number of aliphatic hydroxyl groups excluding tert-OH is 1. The fourth-order valence-electron chi connectivity index (χ4n) is 5.65. The van der Waals surface area contributed by atoms with Crippen molar-refractivity contribution in [3.05, 3.63) is 86.6 Å². The number of benzene rings is 1. The lowest BCUT2D eigenvalue weighted by molar-refractivity contribution is -0.119. The van der Waals surface area contributed by atoms with Gasteiger partial charge in [-0.25, -0.2) is 14.3 Å². The highest BCUT2D eigenvalue weighted by Gasteiger charge is 2.26. The maximum Gasteiger partial charge on any atom is 0.407 e. The number of pyridine rings is 2. The molecule has 47 heavy (non-hydrogen) atoms. The molecule has 13 nitrogen and oxygen atoms in total. The van der Waals surface area contributed by atoms with E-state index < -0.39 is 12.7 Å². The van der Waals surface area contributed by atoms with Crippen LogP contribution in [0, 0.1) is 0 Å². The van der Waals surface area contributed by atoms with E-state index in [2.05, 4.69) is 20.4 Å². The molecule has 4 aromatic heterocycles. The van der Waals surface area contributed by atoms with Gasteiger partial charge in [0.05, 0.1) is 35.1 Å². The fraction of sp³-hybridized carbons (Fsp3) is 0.250. The molecule has 5 heterocycles. The second-order valence-electron chi connectivity index (χ2n) is 11.0. The Morgan fingerprint density at radius 2 is 1.89 bits per heavy atom. The first-order valence-corrected chi connectivity index (χ1v) is 15.3. The van der Waals surface area contributed by atoms with E-state index in [0.29, 0.717) is 67.6 Å². The van der Waals surface area contributed by atoms with Crippen LogP contribution in [-0.4, -0.2) is 71.0 Å². The van der Waals surface area contributed by atoms with Gasteiger partial charge in [0.1, 0.15) is 12.1 Å². The monoisotopic (exact) mass is 677 g/mol. The molecule has 1 atom stereocenters. The minimum absolute atomic E-state index is 0.0132. The van der Waals surface area contributed by atoms with Gasteiger partial charge in [-0.05, 0) is 30.7 Å². The Morgan fingerprint density at radius 3 is 2.60 bits per heavy atom. The number of methoxy groups -OCH3 is 1. The smallest absolute Gasteiger partial charge is 0.407 e. The van der Waals surface area contributed by atoms with Crippen LogP contribution in [-0.2, 0) is 25.0 Å². The highest BCUT2D eigenvalue weighted by atomic mass is 35.5. The van der Waals surface area contributed by atoms with Gasteiger partial charge in [-0.15, -0.1) is 0 Å². The SMILES string of the molecule is COc1nc(-c2cccc(-c3ccnc(-c4cc5c(=O)n(C)c(CO)nn5c4)c3Cl)c2Cl)ccc1CN(C[C@@H]1CCC(=O)N1)C(=O)O. The molecule has 1 aliphatic rings. The average Bonchev–Trinajstić information content (AvgIpc) is 3.68. The van der Waals surface area contributed by atoms with Crippen LogP contribution in [0.25, 0.3) is 39.2 Å². The summed E-state index contributed by atoms with van der Waals surface area (Å²) < 4.78 is 8.23. The number of hydrogen-bond donors (Lipinski definition) is 3. The minimum atomic E-state index is -1.12. The van der Waals surface area contributed by atoms with Crippen LogP contribution in [0.3, 0.4) is 0 Å². The van der Waals surface area contributed by atoms with E-state index >= 15 is 0 Å². The quantitative estimate of drug-likeness (QED) is 0.205. The molecule has 0 spiro atoms. The Kier molecular flexibility index (Phi) is 8.86. The Labute approximate surface area is 278 Å². The number of aromatic nitrogens is 5. The molecule has 1 aliphatic heterocycles. The van der Waals surface area contributed by atoms with Crippen molar-refractivity contribution in [2.75, 3.05) is 13.7 Å². The number of nitrogens with one attached hydrogen (secondary N) is 1. The molecular weight excluding hydrogens is 649 g/mol. The Balaban J connectivity index is 1.33. The van der Waals surface area contributed by atoms with Crippen molar-refractivity contribution in [1.82, 2.24) is 34.4 Å². The molecule has 2 amide bonds. The first-order chi connectivity index (χ1) is 22.6. The molecule has 15 heteroatoms. The number of ether oxygens (including phenoxy) is 1. The van der Waals surface area contributed by atoms with Gasteiger partial charge in [0.2, 0.25) is 11.8 Å². The molecule has 242 valence electrons. The zero-order chi connectivity index (χ0) is 33.4. The maximum atomic E-state index is 12.8. The zero-order valence-electron chi connectivity index (χ0n) is 25.3. The summed E-state index contributed by atoms with van der Waals surface area (Å²) in [5.41, 5.74) is 3.76. The van der Waals surface area contributed by atoms with Gasteiger partial charge in [-0.1, -0.05) is 41.4 Å². The number of halogens is 2. The van der Waals surface area contributed by atoms with Crippen molar-refractivity contribution in [3.8, 4) is 39.5 Å². The van der Waals surface area contributed by atoms with E-state index in [9.17, 15) is 24.6 Å². The lowest BCUT2D eigenvalue weighted by Gasteiger charge is -2.23. The van der Waals surface area contributed by atoms with Crippen LogP contribution in [0.2, 0.25) is 10.0 Å².